The molecule has 2 aliphatic heterocycles. The van der Waals surface area contributed by atoms with Gasteiger partial charge in [0, 0.05) is 38.5 Å². The van der Waals surface area contributed by atoms with Gasteiger partial charge >= 0.3 is 6.03 Å². The van der Waals surface area contributed by atoms with Crippen LogP contribution in [0.4, 0.5) is 4.79 Å². The molecule has 148 valence electrons. The Kier molecular flexibility index (Phi) is 5.13. The molecule has 0 radical (unpaired) electrons. The third kappa shape index (κ3) is 3.58. The number of sulfonamides is 1. The maximum absolute atomic E-state index is 13.1. The van der Waals surface area contributed by atoms with Gasteiger partial charge in [-0.3, -0.25) is 0 Å². The topological polar surface area (TPSA) is 79.0 Å². The van der Waals surface area contributed by atoms with E-state index in [1.54, 1.807) is 35.2 Å². The van der Waals surface area contributed by atoms with E-state index in [9.17, 15) is 13.2 Å². The second-order valence-electron chi connectivity index (χ2n) is 7.60. The van der Waals surface area contributed by atoms with Crippen molar-refractivity contribution in [2.75, 3.05) is 26.2 Å². The number of urea groups is 1. The lowest BCUT2D eigenvalue weighted by Crippen LogP contribution is -2.57. The van der Waals surface area contributed by atoms with E-state index in [1.807, 2.05) is 0 Å². The lowest BCUT2D eigenvalue weighted by atomic mass is 10.0. The zero-order valence-corrected chi connectivity index (χ0v) is 16.3. The summed E-state index contributed by atoms with van der Waals surface area (Å²) < 4.78 is 33.7. The molecule has 1 aromatic carbocycles. The van der Waals surface area contributed by atoms with Crippen LogP contribution in [0.25, 0.3) is 0 Å². The zero-order valence-electron chi connectivity index (χ0n) is 15.5. The third-order valence-corrected chi connectivity index (χ3v) is 7.93. The molecule has 3 aliphatic rings. The van der Waals surface area contributed by atoms with E-state index in [0.717, 1.165) is 12.8 Å². The number of hydrogen-bond acceptors (Lipinski definition) is 4. The second kappa shape index (κ2) is 7.41. The van der Waals surface area contributed by atoms with E-state index >= 15 is 0 Å². The number of hydrogen-bond donors (Lipinski definition) is 1. The van der Waals surface area contributed by atoms with E-state index in [1.165, 1.54) is 17.1 Å². The number of ether oxygens (including phenoxy) is 1. The number of amides is 2. The SMILES string of the molecule is O=C(NC1CCCC1)N1CCC2(CC1)OCCN2S(=O)(=O)c1ccccc1. The Balaban J connectivity index is 1.44. The minimum absolute atomic E-state index is 0.0350. The number of carbonyl (C=O) groups excluding carboxylic acids is 1. The van der Waals surface area contributed by atoms with E-state index in [-0.39, 0.29) is 17.0 Å². The van der Waals surface area contributed by atoms with Crippen molar-refractivity contribution in [1.82, 2.24) is 14.5 Å². The van der Waals surface area contributed by atoms with Gasteiger partial charge in [-0.25, -0.2) is 13.2 Å². The van der Waals surface area contributed by atoms with Crippen LogP contribution in [-0.4, -0.2) is 61.7 Å². The Morgan fingerprint density at radius 1 is 1.07 bits per heavy atom. The third-order valence-electron chi connectivity index (χ3n) is 5.97. The quantitative estimate of drug-likeness (QED) is 0.853. The highest BCUT2D eigenvalue weighted by Crippen LogP contribution is 2.38. The van der Waals surface area contributed by atoms with Crippen molar-refractivity contribution in [3.05, 3.63) is 30.3 Å². The lowest BCUT2D eigenvalue weighted by molar-refractivity contribution is -0.0846. The average Bonchev–Trinajstić information content (AvgIpc) is 3.33. The summed E-state index contributed by atoms with van der Waals surface area (Å²) in [5.41, 5.74) is -0.835. The summed E-state index contributed by atoms with van der Waals surface area (Å²) in [7, 11) is -3.61. The van der Waals surface area contributed by atoms with Gasteiger partial charge in [0.15, 0.2) is 0 Å². The Hall–Kier alpha value is -1.64. The fourth-order valence-electron chi connectivity index (χ4n) is 4.44. The van der Waals surface area contributed by atoms with Gasteiger partial charge in [0.05, 0.1) is 11.5 Å². The van der Waals surface area contributed by atoms with Gasteiger partial charge in [-0.15, -0.1) is 0 Å². The molecule has 1 aromatic rings. The molecule has 3 fully saturated rings. The molecule has 1 N–H and O–H groups in total. The number of piperidine rings is 1. The smallest absolute Gasteiger partial charge is 0.317 e. The van der Waals surface area contributed by atoms with Gasteiger partial charge < -0.3 is 15.0 Å². The molecule has 0 unspecified atom stereocenters. The molecule has 2 amide bonds. The van der Waals surface area contributed by atoms with Gasteiger partial charge in [-0.1, -0.05) is 31.0 Å². The van der Waals surface area contributed by atoms with Crippen molar-refractivity contribution >= 4 is 16.1 Å². The van der Waals surface area contributed by atoms with E-state index in [0.29, 0.717) is 39.1 Å². The highest BCUT2D eigenvalue weighted by Gasteiger charge is 2.51. The van der Waals surface area contributed by atoms with Crippen LogP contribution in [0.2, 0.25) is 0 Å². The predicted molar refractivity (Wildman–Crippen MR) is 101 cm³/mol. The monoisotopic (exact) mass is 393 g/mol. The average molecular weight is 394 g/mol. The lowest BCUT2D eigenvalue weighted by Gasteiger charge is -2.42. The first kappa shape index (κ1) is 18.7. The van der Waals surface area contributed by atoms with Gasteiger partial charge in [0.25, 0.3) is 0 Å². The Labute approximate surface area is 160 Å². The normalized spacial score (nSPS) is 23.8. The minimum Gasteiger partial charge on any atom is -0.358 e. The van der Waals surface area contributed by atoms with Crippen LogP contribution in [0.1, 0.15) is 38.5 Å². The number of carbonyl (C=O) groups is 1. The van der Waals surface area contributed by atoms with Crippen LogP contribution in [0.3, 0.4) is 0 Å². The summed E-state index contributed by atoms with van der Waals surface area (Å²) in [5.74, 6) is 0. The summed E-state index contributed by atoms with van der Waals surface area (Å²) >= 11 is 0. The first-order chi connectivity index (χ1) is 13.0. The molecule has 4 rings (SSSR count). The predicted octanol–water partition coefficient (Wildman–Crippen LogP) is 2.15. The number of nitrogens with zero attached hydrogens (tertiary/aromatic N) is 2. The molecule has 1 saturated carbocycles. The van der Waals surface area contributed by atoms with Crippen LogP contribution in [-0.2, 0) is 14.8 Å². The highest BCUT2D eigenvalue weighted by molar-refractivity contribution is 7.89. The van der Waals surface area contributed by atoms with Crippen molar-refractivity contribution in [3.63, 3.8) is 0 Å². The van der Waals surface area contributed by atoms with E-state index in [4.69, 9.17) is 4.74 Å². The van der Waals surface area contributed by atoms with Crippen LogP contribution >= 0.6 is 0 Å². The first-order valence-electron chi connectivity index (χ1n) is 9.79. The fraction of sp³-hybridized carbons (Fsp3) is 0.632. The van der Waals surface area contributed by atoms with Crippen molar-refractivity contribution in [1.29, 1.82) is 0 Å². The molecule has 0 aromatic heterocycles. The molecule has 27 heavy (non-hydrogen) atoms. The molecule has 8 heteroatoms. The standard InChI is InChI=1S/C19H27N3O4S/c23-18(20-16-6-4-5-7-16)21-12-10-19(11-13-21)22(14-15-26-19)27(24,25)17-8-2-1-3-9-17/h1-3,8-9,16H,4-7,10-15H2,(H,20,23). The maximum atomic E-state index is 13.1. The number of likely N-dealkylation sites (tertiary alicyclic amines) is 1. The summed E-state index contributed by atoms with van der Waals surface area (Å²) in [6.07, 6.45) is 5.45. The Morgan fingerprint density at radius 3 is 2.41 bits per heavy atom. The van der Waals surface area contributed by atoms with Crippen LogP contribution in [0.15, 0.2) is 35.2 Å². The Morgan fingerprint density at radius 2 is 1.74 bits per heavy atom. The van der Waals surface area contributed by atoms with Crippen LogP contribution in [0.5, 0.6) is 0 Å². The number of benzene rings is 1. The second-order valence-corrected chi connectivity index (χ2v) is 9.47. The number of nitrogens with one attached hydrogen (secondary N) is 1. The van der Waals surface area contributed by atoms with Crippen LogP contribution in [0, 0.1) is 0 Å². The molecule has 1 aliphatic carbocycles. The molecule has 1 spiro atoms. The minimum atomic E-state index is -3.61. The van der Waals surface area contributed by atoms with Gasteiger partial charge in [0.1, 0.15) is 5.72 Å². The molecular formula is C19H27N3O4S. The summed E-state index contributed by atoms with van der Waals surface area (Å²) in [6, 6.07) is 8.74. The molecule has 7 nitrogen and oxygen atoms in total. The summed E-state index contributed by atoms with van der Waals surface area (Å²) in [5, 5.41) is 3.11. The van der Waals surface area contributed by atoms with E-state index < -0.39 is 15.7 Å². The maximum Gasteiger partial charge on any atom is 0.317 e. The molecule has 2 heterocycles. The van der Waals surface area contributed by atoms with Gasteiger partial charge in [-0.05, 0) is 25.0 Å². The zero-order chi connectivity index (χ0) is 18.9. The highest BCUT2D eigenvalue weighted by atomic mass is 32.2. The van der Waals surface area contributed by atoms with Crippen LogP contribution < -0.4 is 5.32 Å². The molecule has 2 saturated heterocycles. The number of rotatable bonds is 3. The van der Waals surface area contributed by atoms with E-state index in [2.05, 4.69) is 5.32 Å². The first-order valence-corrected chi connectivity index (χ1v) is 11.2. The summed E-state index contributed by atoms with van der Waals surface area (Å²) in [4.78, 5) is 14.6. The van der Waals surface area contributed by atoms with Crippen molar-refractivity contribution in [2.24, 2.45) is 0 Å². The van der Waals surface area contributed by atoms with Gasteiger partial charge in [-0.2, -0.15) is 4.31 Å². The Bertz CT molecular complexity index is 769. The molecular weight excluding hydrogens is 366 g/mol. The van der Waals surface area contributed by atoms with Crippen molar-refractivity contribution < 1.29 is 17.9 Å². The van der Waals surface area contributed by atoms with Crippen molar-refractivity contribution in [3.8, 4) is 0 Å². The fourth-order valence-corrected chi connectivity index (χ4v) is 6.19. The largest absolute Gasteiger partial charge is 0.358 e. The van der Waals surface area contributed by atoms with Gasteiger partial charge in [0.2, 0.25) is 10.0 Å². The van der Waals surface area contributed by atoms with Crippen molar-refractivity contribution in [2.45, 2.75) is 55.2 Å². The molecule has 0 atom stereocenters. The summed E-state index contributed by atoms with van der Waals surface area (Å²) in [6.45, 7) is 1.74. The molecule has 0 bridgehead atoms.